The predicted molar refractivity (Wildman–Crippen MR) is 110 cm³/mol. The lowest BCUT2D eigenvalue weighted by Gasteiger charge is -2.41. The highest BCUT2D eigenvalue weighted by Gasteiger charge is 2.43. The van der Waals surface area contributed by atoms with Crippen molar-refractivity contribution in [3.63, 3.8) is 0 Å². The zero-order valence-corrected chi connectivity index (χ0v) is 17.8. The Bertz CT molecular complexity index is 980. The molecule has 2 heterocycles. The fourth-order valence-electron chi connectivity index (χ4n) is 3.27. The summed E-state index contributed by atoms with van der Waals surface area (Å²) in [5.74, 6) is -1.53. The van der Waals surface area contributed by atoms with E-state index < -0.39 is 27.9 Å². The molecule has 1 saturated heterocycles. The second-order valence-electron chi connectivity index (χ2n) is 6.72. The third-order valence-corrected chi connectivity index (χ3v) is 7.41. The van der Waals surface area contributed by atoms with E-state index in [9.17, 15) is 22.4 Å². The zero-order chi connectivity index (χ0) is 21.7. The maximum Gasteiger partial charge on any atom is 0.259 e. The number of thiophene rings is 1. The van der Waals surface area contributed by atoms with Crippen LogP contribution in [0.25, 0.3) is 0 Å². The molecule has 3 rings (SSSR count). The number of nitrogens with one attached hydrogen (secondary N) is 1. The molecule has 1 fully saturated rings. The average molecular weight is 455 g/mol. The lowest BCUT2D eigenvalue weighted by Crippen LogP contribution is -2.63. The van der Waals surface area contributed by atoms with Crippen LogP contribution in [0.2, 0.25) is 0 Å². The topological polar surface area (TPSA) is 113 Å². The maximum atomic E-state index is 13.3. The summed E-state index contributed by atoms with van der Waals surface area (Å²) in [4.78, 5) is 27.8. The zero-order valence-electron chi connectivity index (χ0n) is 16.2. The van der Waals surface area contributed by atoms with E-state index in [0.717, 1.165) is 33.4 Å². The van der Waals surface area contributed by atoms with Crippen LogP contribution in [0.5, 0.6) is 0 Å². The normalized spacial score (nSPS) is 17.7. The van der Waals surface area contributed by atoms with Gasteiger partial charge in [-0.25, -0.2) is 12.8 Å². The molecule has 1 unspecified atom stereocenters. The fraction of sp³-hybridized carbons (Fsp3) is 0.368. The second kappa shape index (κ2) is 9.65. The molecule has 162 valence electrons. The van der Waals surface area contributed by atoms with Crippen molar-refractivity contribution >= 4 is 33.2 Å². The van der Waals surface area contributed by atoms with Gasteiger partial charge in [0, 0.05) is 31.1 Å². The van der Waals surface area contributed by atoms with Gasteiger partial charge in [0.1, 0.15) is 5.82 Å². The monoisotopic (exact) mass is 454 g/mol. The first kappa shape index (κ1) is 22.3. The van der Waals surface area contributed by atoms with Crippen molar-refractivity contribution in [2.75, 3.05) is 26.2 Å². The summed E-state index contributed by atoms with van der Waals surface area (Å²) >= 11 is 1.41. The van der Waals surface area contributed by atoms with Crippen LogP contribution in [0.4, 0.5) is 4.39 Å². The Labute approximate surface area is 178 Å². The number of benzene rings is 1. The molecule has 3 N–H and O–H groups in total. The Morgan fingerprint density at radius 3 is 2.57 bits per heavy atom. The summed E-state index contributed by atoms with van der Waals surface area (Å²) in [5.41, 5.74) is 5.46. The summed E-state index contributed by atoms with van der Waals surface area (Å²) in [6.45, 7) is 0.628. The van der Waals surface area contributed by atoms with Crippen molar-refractivity contribution in [2.45, 2.75) is 23.9 Å². The minimum Gasteiger partial charge on any atom is -0.352 e. The molecule has 0 radical (unpaired) electrons. The van der Waals surface area contributed by atoms with Crippen molar-refractivity contribution in [1.82, 2.24) is 14.5 Å². The van der Waals surface area contributed by atoms with Crippen molar-refractivity contribution in [1.29, 1.82) is 0 Å². The molecule has 2 amide bonds. The van der Waals surface area contributed by atoms with E-state index in [1.165, 1.54) is 16.2 Å². The van der Waals surface area contributed by atoms with Gasteiger partial charge in [-0.3, -0.25) is 9.59 Å². The molecular weight excluding hydrogens is 431 g/mol. The SMILES string of the molecule is NCCNC(=O)C1N(C(=O)Cc2cccs2)CCCN1S(=O)(=O)c1ccc(F)cc1. The van der Waals surface area contributed by atoms with Crippen LogP contribution in [-0.4, -0.2) is 61.8 Å². The molecule has 1 aromatic carbocycles. The van der Waals surface area contributed by atoms with Crippen LogP contribution >= 0.6 is 11.3 Å². The van der Waals surface area contributed by atoms with Gasteiger partial charge in [-0.05, 0) is 42.1 Å². The molecule has 30 heavy (non-hydrogen) atoms. The number of nitrogens with zero attached hydrogens (tertiary/aromatic N) is 2. The number of rotatable bonds is 7. The van der Waals surface area contributed by atoms with Gasteiger partial charge in [-0.15, -0.1) is 11.3 Å². The number of hydrogen-bond donors (Lipinski definition) is 2. The van der Waals surface area contributed by atoms with E-state index in [1.807, 2.05) is 17.5 Å². The molecule has 0 saturated carbocycles. The van der Waals surface area contributed by atoms with E-state index in [2.05, 4.69) is 5.32 Å². The van der Waals surface area contributed by atoms with Crippen molar-refractivity contribution in [3.8, 4) is 0 Å². The number of carbonyl (C=O) groups is 2. The first-order valence-corrected chi connectivity index (χ1v) is 11.7. The van der Waals surface area contributed by atoms with Gasteiger partial charge < -0.3 is 16.0 Å². The molecule has 1 atom stereocenters. The van der Waals surface area contributed by atoms with E-state index in [4.69, 9.17) is 5.73 Å². The van der Waals surface area contributed by atoms with Crippen molar-refractivity contribution < 1.29 is 22.4 Å². The molecule has 1 aliphatic heterocycles. The molecule has 2 aromatic rings. The maximum absolute atomic E-state index is 13.3. The van der Waals surface area contributed by atoms with Crippen LogP contribution in [0.3, 0.4) is 0 Å². The number of hydrogen-bond acceptors (Lipinski definition) is 6. The van der Waals surface area contributed by atoms with E-state index >= 15 is 0 Å². The van der Waals surface area contributed by atoms with Gasteiger partial charge >= 0.3 is 0 Å². The Balaban J connectivity index is 1.94. The summed E-state index contributed by atoms with van der Waals surface area (Å²) in [7, 11) is -4.14. The molecule has 0 aliphatic carbocycles. The summed E-state index contributed by atoms with van der Waals surface area (Å²) in [6, 6.07) is 8.00. The molecule has 1 aromatic heterocycles. The van der Waals surface area contributed by atoms with Crippen LogP contribution in [0.1, 0.15) is 11.3 Å². The lowest BCUT2D eigenvalue weighted by molar-refractivity contribution is -0.146. The molecule has 0 bridgehead atoms. The third kappa shape index (κ3) is 4.86. The highest BCUT2D eigenvalue weighted by atomic mass is 32.2. The van der Waals surface area contributed by atoms with Crippen molar-refractivity contribution in [3.05, 3.63) is 52.5 Å². The van der Waals surface area contributed by atoms with Gasteiger partial charge in [-0.2, -0.15) is 4.31 Å². The van der Waals surface area contributed by atoms with E-state index in [1.54, 1.807) is 0 Å². The Kier molecular flexibility index (Phi) is 7.19. The fourth-order valence-corrected chi connectivity index (χ4v) is 5.56. The van der Waals surface area contributed by atoms with E-state index in [0.29, 0.717) is 6.42 Å². The van der Waals surface area contributed by atoms with Gasteiger partial charge in [0.15, 0.2) is 6.17 Å². The number of carbonyl (C=O) groups excluding carboxylic acids is 2. The number of nitrogens with two attached hydrogens (primary N) is 1. The molecule has 1 aliphatic rings. The first-order valence-electron chi connectivity index (χ1n) is 9.41. The van der Waals surface area contributed by atoms with Crippen LogP contribution < -0.4 is 11.1 Å². The average Bonchev–Trinajstić information content (AvgIpc) is 3.24. The number of sulfonamides is 1. The molecular formula is C19H23FN4O4S2. The summed E-state index contributed by atoms with van der Waals surface area (Å²) < 4.78 is 40.7. The van der Waals surface area contributed by atoms with Gasteiger partial charge in [-0.1, -0.05) is 6.07 Å². The summed E-state index contributed by atoms with van der Waals surface area (Å²) in [6.07, 6.45) is -0.895. The largest absolute Gasteiger partial charge is 0.352 e. The van der Waals surface area contributed by atoms with Crippen LogP contribution in [-0.2, 0) is 26.0 Å². The second-order valence-corrected chi connectivity index (χ2v) is 9.64. The molecule has 0 spiro atoms. The highest BCUT2D eigenvalue weighted by Crippen LogP contribution is 2.25. The minimum absolute atomic E-state index is 0.0587. The molecule has 11 heteroatoms. The van der Waals surface area contributed by atoms with Gasteiger partial charge in [0.05, 0.1) is 11.3 Å². The third-order valence-electron chi connectivity index (χ3n) is 4.67. The van der Waals surface area contributed by atoms with E-state index in [-0.39, 0.29) is 43.4 Å². The predicted octanol–water partition coefficient (Wildman–Crippen LogP) is 0.754. The van der Waals surface area contributed by atoms with Crippen molar-refractivity contribution in [2.24, 2.45) is 5.73 Å². The Morgan fingerprint density at radius 2 is 1.93 bits per heavy atom. The van der Waals surface area contributed by atoms with Crippen LogP contribution in [0.15, 0.2) is 46.7 Å². The molecule has 8 nitrogen and oxygen atoms in total. The summed E-state index contributed by atoms with van der Waals surface area (Å²) in [5, 5.41) is 4.43. The highest BCUT2D eigenvalue weighted by molar-refractivity contribution is 7.89. The van der Waals surface area contributed by atoms with Gasteiger partial charge in [0.2, 0.25) is 15.9 Å². The lowest BCUT2D eigenvalue weighted by atomic mass is 10.2. The first-order chi connectivity index (χ1) is 14.3. The smallest absolute Gasteiger partial charge is 0.259 e. The Hall–Kier alpha value is -2.34. The van der Waals surface area contributed by atoms with Gasteiger partial charge in [0.25, 0.3) is 5.91 Å². The van der Waals surface area contributed by atoms with Crippen LogP contribution in [0, 0.1) is 5.82 Å². The number of halogens is 1. The quantitative estimate of drug-likeness (QED) is 0.641. The number of amides is 2. The Morgan fingerprint density at radius 1 is 1.20 bits per heavy atom. The minimum atomic E-state index is -4.14. The standard InChI is InChI=1S/C19H23FN4O4S2/c20-14-4-6-16(7-5-14)30(27,28)24-11-2-10-23(19(24)18(26)22-9-8-21)17(25)13-15-3-1-12-29-15/h1,3-7,12,19H,2,8-11,13,21H2,(H,22,26).